The topological polar surface area (TPSA) is 29.1 Å². The quantitative estimate of drug-likeness (QED) is 0.829. The molecule has 2 aliphatic rings. The number of hydrogen-bond acceptors (Lipinski definition) is 1. The number of alkyl halides is 3. The fraction of sp³-hybridized carbons (Fsp3) is 0.500. The number of benzene rings is 1. The van der Waals surface area contributed by atoms with Crippen LogP contribution in [0.15, 0.2) is 24.3 Å². The first-order valence-electron chi connectivity index (χ1n) is 7.87. The second kappa shape index (κ2) is 6.27. The number of hydrogen-bond donors (Lipinski definition) is 1. The Morgan fingerprint density at radius 1 is 1.26 bits per heavy atom. The smallest absolute Gasteiger partial charge is 0.345 e. The Bertz CT molecular complexity index is 656. The third-order valence-corrected chi connectivity index (χ3v) is 4.85. The van der Waals surface area contributed by atoms with Crippen molar-refractivity contribution in [2.24, 2.45) is 17.8 Å². The van der Waals surface area contributed by atoms with E-state index < -0.39 is 11.7 Å². The lowest BCUT2D eigenvalue weighted by atomic mass is 9.88. The van der Waals surface area contributed by atoms with Crippen LogP contribution in [-0.2, 0) is 11.0 Å². The highest BCUT2D eigenvalue weighted by atomic mass is 19.4. The van der Waals surface area contributed by atoms with Crippen molar-refractivity contribution in [1.29, 1.82) is 0 Å². The van der Waals surface area contributed by atoms with Crippen LogP contribution >= 0.6 is 0 Å². The lowest BCUT2D eigenvalue weighted by Gasteiger charge is -2.19. The molecule has 1 N–H and O–H groups in total. The van der Waals surface area contributed by atoms with E-state index >= 15 is 0 Å². The Kier molecular flexibility index (Phi) is 4.34. The lowest BCUT2D eigenvalue weighted by Crippen LogP contribution is -2.33. The van der Waals surface area contributed by atoms with Crippen molar-refractivity contribution in [3.05, 3.63) is 35.4 Å². The minimum atomic E-state index is -4.37. The number of amides is 1. The molecule has 0 saturated heterocycles. The molecule has 3 atom stereocenters. The summed E-state index contributed by atoms with van der Waals surface area (Å²) in [7, 11) is 0. The van der Waals surface area contributed by atoms with E-state index in [0.29, 0.717) is 17.4 Å². The van der Waals surface area contributed by atoms with E-state index in [2.05, 4.69) is 17.2 Å². The summed E-state index contributed by atoms with van der Waals surface area (Å²) in [5.41, 5.74) is -0.413. The molecule has 2 aliphatic carbocycles. The second-order valence-corrected chi connectivity index (χ2v) is 6.38. The molecule has 0 heterocycles. The van der Waals surface area contributed by atoms with Crippen LogP contribution in [-0.4, -0.2) is 12.5 Å². The van der Waals surface area contributed by atoms with Gasteiger partial charge in [-0.15, -0.1) is 0 Å². The van der Waals surface area contributed by atoms with Crippen molar-refractivity contribution >= 4 is 5.91 Å². The third-order valence-electron chi connectivity index (χ3n) is 4.85. The summed E-state index contributed by atoms with van der Waals surface area (Å²) in [6, 6.07) is 4.90. The van der Waals surface area contributed by atoms with Crippen molar-refractivity contribution < 1.29 is 18.0 Å². The van der Waals surface area contributed by atoms with Crippen LogP contribution in [0.1, 0.15) is 36.8 Å². The molecule has 1 aromatic carbocycles. The monoisotopic (exact) mass is 321 g/mol. The Morgan fingerprint density at radius 3 is 2.74 bits per heavy atom. The summed E-state index contributed by atoms with van der Waals surface area (Å²) in [6.45, 7) is 0.170. The molecular formula is C18H18F3NO. The zero-order chi connectivity index (χ0) is 16.4. The van der Waals surface area contributed by atoms with Crippen molar-refractivity contribution in [2.75, 3.05) is 6.54 Å². The zero-order valence-electron chi connectivity index (χ0n) is 12.6. The molecule has 5 heteroatoms. The van der Waals surface area contributed by atoms with Gasteiger partial charge >= 0.3 is 6.18 Å². The Balaban J connectivity index is 1.53. The van der Waals surface area contributed by atoms with Gasteiger partial charge in [-0.2, -0.15) is 13.2 Å². The van der Waals surface area contributed by atoms with Crippen LogP contribution < -0.4 is 5.32 Å². The van der Waals surface area contributed by atoms with Crippen LogP contribution in [0.25, 0.3) is 0 Å². The zero-order valence-corrected chi connectivity index (χ0v) is 12.6. The molecule has 3 rings (SSSR count). The first kappa shape index (κ1) is 15.9. The molecule has 2 saturated carbocycles. The molecule has 122 valence electrons. The SMILES string of the molecule is O=C(NCC#Cc1cccc(C(F)(F)F)c1)[C@@H]1C[C@H]2CC[C@@H]1C2. The molecule has 2 nitrogen and oxygen atoms in total. The van der Waals surface area contributed by atoms with Crippen molar-refractivity contribution in [3.8, 4) is 11.8 Å². The second-order valence-electron chi connectivity index (χ2n) is 6.38. The highest BCUT2D eigenvalue weighted by Gasteiger charge is 2.42. The van der Waals surface area contributed by atoms with E-state index in [9.17, 15) is 18.0 Å². The standard InChI is InChI=1S/C18H18F3NO/c19-18(20,21)15-5-1-3-12(10-15)4-2-8-22-17(23)16-11-13-6-7-14(16)9-13/h1,3,5,10,13-14,16H,6-9,11H2,(H,22,23)/t13-,14+,16+/m0/s1. The molecule has 0 aliphatic heterocycles. The van der Waals surface area contributed by atoms with Crippen LogP contribution in [0.2, 0.25) is 0 Å². The van der Waals surface area contributed by atoms with E-state index in [1.54, 1.807) is 0 Å². The normalized spacial score (nSPS) is 25.8. The van der Waals surface area contributed by atoms with E-state index in [-0.39, 0.29) is 18.4 Å². The van der Waals surface area contributed by atoms with Gasteiger partial charge in [-0.25, -0.2) is 0 Å². The minimum absolute atomic E-state index is 0.0375. The molecule has 1 aromatic rings. The van der Waals surface area contributed by atoms with Gasteiger partial charge < -0.3 is 5.32 Å². The number of carbonyl (C=O) groups excluding carboxylic acids is 1. The van der Waals surface area contributed by atoms with Gasteiger partial charge in [-0.1, -0.05) is 24.3 Å². The van der Waals surface area contributed by atoms with Crippen LogP contribution in [0.3, 0.4) is 0 Å². The summed E-state index contributed by atoms with van der Waals surface area (Å²) in [6.07, 6.45) is 0.141. The van der Waals surface area contributed by atoms with Gasteiger partial charge in [0.25, 0.3) is 0 Å². The van der Waals surface area contributed by atoms with E-state index in [0.717, 1.165) is 31.4 Å². The van der Waals surface area contributed by atoms with Gasteiger partial charge in [0.15, 0.2) is 0 Å². The Labute approximate surface area is 133 Å². The Hall–Kier alpha value is -1.96. The van der Waals surface area contributed by atoms with Gasteiger partial charge in [0, 0.05) is 11.5 Å². The first-order chi connectivity index (χ1) is 10.9. The van der Waals surface area contributed by atoms with Gasteiger partial charge in [-0.05, 0) is 49.3 Å². The maximum absolute atomic E-state index is 12.6. The number of fused-ring (bicyclic) bond motifs is 2. The molecule has 0 aromatic heterocycles. The molecule has 0 spiro atoms. The highest BCUT2D eigenvalue weighted by Crippen LogP contribution is 2.48. The third kappa shape index (κ3) is 3.69. The lowest BCUT2D eigenvalue weighted by molar-refractivity contribution is -0.137. The highest BCUT2D eigenvalue weighted by molar-refractivity contribution is 5.79. The molecule has 0 unspecified atom stereocenters. The van der Waals surface area contributed by atoms with Crippen LogP contribution in [0.4, 0.5) is 13.2 Å². The minimum Gasteiger partial charge on any atom is -0.345 e. The van der Waals surface area contributed by atoms with Crippen molar-refractivity contribution in [2.45, 2.75) is 31.9 Å². The molecule has 2 fully saturated rings. The predicted molar refractivity (Wildman–Crippen MR) is 80.3 cm³/mol. The maximum Gasteiger partial charge on any atom is 0.416 e. The van der Waals surface area contributed by atoms with Gasteiger partial charge in [-0.3, -0.25) is 4.79 Å². The van der Waals surface area contributed by atoms with Gasteiger partial charge in [0.1, 0.15) is 0 Å². The summed E-state index contributed by atoms with van der Waals surface area (Å²) in [5, 5.41) is 2.79. The van der Waals surface area contributed by atoms with E-state index in [1.165, 1.54) is 18.6 Å². The van der Waals surface area contributed by atoms with E-state index in [4.69, 9.17) is 0 Å². The van der Waals surface area contributed by atoms with Gasteiger partial charge in [0.2, 0.25) is 5.91 Å². The van der Waals surface area contributed by atoms with Crippen molar-refractivity contribution in [1.82, 2.24) is 5.32 Å². The maximum atomic E-state index is 12.6. The predicted octanol–water partition coefficient (Wildman–Crippen LogP) is 3.61. The average Bonchev–Trinajstić information content (AvgIpc) is 3.14. The number of halogens is 3. The number of rotatable bonds is 2. The molecular weight excluding hydrogens is 303 g/mol. The first-order valence-corrected chi connectivity index (χ1v) is 7.87. The average molecular weight is 321 g/mol. The largest absolute Gasteiger partial charge is 0.416 e. The fourth-order valence-electron chi connectivity index (χ4n) is 3.75. The van der Waals surface area contributed by atoms with Crippen LogP contribution in [0.5, 0.6) is 0 Å². The fourth-order valence-corrected chi connectivity index (χ4v) is 3.75. The molecule has 0 radical (unpaired) electrons. The molecule has 23 heavy (non-hydrogen) atoms. The molecule has 1 amide bonds. The Morgan fingerprint density at radius 2 is 2.09 bits per heavy atom. The van der Waals surface area contributed by atoms with Crippen molar-refractivity contribution in [3.63, 3.8) is 0 Å². The van der Waals surface area contributed by atoms with Gasteiger partial charge in [0.05, 0.1) is 12.1 Å². The molecule has 2 bridgehead atoms. The number of nitrogens with one attached hydrogen (secondary N) is 1. The number of carbonyl (C=O) groups is 1. The summed E-state index contributed by atoms with van der Waals surface area (Å²) in [5.74, 6) is 6.75. The summed E-state index contributed by atoms with van der Waals surface area (Å²) in [4.78, 5) is 12.1. The summed E-state index contributed by atoms with van der Waals surface area (Å²) < 4.78 is 37.8. The van der Waals surface area contributed by atoms with Crippen LogP contribution in [0, 0.1) is 29.6 Å². The van der Waals surface area contributed by atoms with E-state index in [1.807, 2.05) is 0 Å². The summed E-state index contributed by atoms with van der Waals surface area (Å²) >= 11 is 0.